The highest BCUT2D eigenvalue weighted by molar-refractivity contribution is 5.96. The summed E-state index contributed by atoms with van der Waals surface area (Å²) >= 11 is 0. The molecule has 1 aromatic heterocycles. The van der Waals surface area contributed by atoms with Crippen molar-refractivity contribution in [1.29, 1.82) is 0 Å². The lowest BCUT2D eigenvalue weighted by Gasteiger charge is -2.11. The Morgan fingerprint density at radius 3 is 2.56 bits per heavy atom. The average molecular weight is 343 g/mol. The number of esters is 1. The summed E-state index contributed by atoms with van der Waals surface area (Å²) in [4.78, 5) is 34.0. The number of aromatic nitrogens is 2. The normalized spacial score (nSPS) is 10.4. The molecule has 0 aliphatic rings. The van der Waals surface area contributed by atoms with Crippen LogP contribution in [0.15, 0.2) is 36.7 Å². The summed E-state index contributed by atoms with van der Waals surface area (Å²) in [6.45, 7) is 1.27. The third-order valence-electron chi connectivity index (χ3n) is 3.32. The van der Waals surface area contributed by atoms with Crippen LogP contribution < -0.4 is 10.6 Å². The van der Waals surface area contributed by atoms with E-state index in [1.807, 2.05) is 19.0 Å². The Labute approximate surface area is 146 Å². The highest BCUT2D eigenvalue weighted by Gasteiger charge is 2.12. The van der Waals surface area contributed by atoms with Crippen LogP contribution in [0.5, 0.6) is 0 Å². The number of likely N-dealkylation sites (N-methyl/N-ethyl adjacent to an activating group) is 1. The molecule has 0 saturated carbocycles. The summed E-state index contributed by atoms with van der Waals surface area (Å²) in [5.74, 6) is -0.315. The minimum absolute atomic E-state index is 0.227. The number of anilines is 2. The van der Waals surface area contributed by atoms with Gasteiger partial charge in [-0.05, 0) is 26.2 Å². The van der Waals surface area contributed by atoms with E-state index in [9.17, 15) is 9.59 Å². The van der Waals surface area contributed by atoms with Crippen molar-refractivity contribution in [2.24, 2.45) is 0 Å². The van der Waals surface area contributed by atoms with Crippen molar-refractivity contribution in [2.75, 3.05) is 39.6 Å². The van der Waals surface area contributed by atoms with E-state index in [-0.39, 0.29) is 11.6 Å². The second kappa shape index (κ2) is 8.74. The lowest BCUT2D eigenvalue weighted by molar-refractivity contribution is 0.0601. The van der Waals surface area contributed by atoms with Gasteiger partial charge in [-0.3, -0.25) is 4.79 Å². The summed E-state index contributed by atoms with van der Waals surface area (Å²) < 4.78 is 4.75. The number of rotatable bonds is 7. The van der Waals surface area contributed by atoms with E-state index in [0.29, 0.717) is 23.6 Å². The smallest absolute Gasteiger partial charge is 0.339 e. The number of ether oxygens (including phenoxy) is 1. The monoisotopic (exact) mass is 343 g/mol. The Bertz CT molecular complexity index is 731. The highest BCUT2D eigenvalue weighted by Crippen LogP contribution is 2.19. The molecule has 1 aromatic carbocycles. The average Bonchev–Trinajstić information content (AvgIpc) is 2.61. The quantitative estimate of drug-likeness (QED) is 0.731. The largest absolute Gasteiger partial charge is 0.465 e. The molecule has 0 fully saturated rings. The zero-order valence-corrected chi connectivity index (χ0v) is 14.4. The number of amides is 1. The molecule has 0 radical (unpaired) electrons. The van der Waals surface area contributed by atoms with Crippen LogP contribution in [0.3, 0.4) is 0 Å². The molecule has 0 saturated heterocycles. The highest BCUT2D eigenvalue weighted by atomic mass is 16.5. The van der Waals surface area contributed by atoms with Crippen molar-refractivity contribution >= 4 is 23.4 Å². The lowest BCUT2D eigenvalue weighted by Crippen LogP contribution is -2.31. The van der Waals surface area contributed by atoms with Gasteiger partial charge < -0.3 is 20.3 Å². The zero-order valence-electron chi connectivity index (χ0n) is 14.4. The van der Waals surface area contributed by atoms with Gasteiger partial charge in [0.05, 0.1) is 30.8 Å². The second-order valence-corrected chi connectivity index (χ2v) is 5.51. The minimum atomic E-state index is -0.451. The summed E-state index contributed by atoms with van der Waals surface area (Å²) in [6, 6.07) is 6.91. The van der Waals surface area contributed by atoms with Crippen LogP contribution in [-0.2, 0) is 4.74 Å². The number of carbonyl (C=O) groups is 2. The fourth-order valence-corrected chi connectivity index (χ4v) is 2.01. The van der Waals surface area contributed by atoms with Crippen molar-refractivity contribution in [1.82, 2.24) is 20.2 Å². The molecule has 2 aromatic rings. The number of para-hydroxylation sites is 1. The van der Waals surface area contributed by atoms with Crippen molar-refractivity contribution in [3.63, 3.8) is 0 Å². The van der Waals surface area contributed by atoms with Gasteiger partial charge in [0.1, 0.15) is 11.5 Å². The van der Waals surface area contributed by atoms with Crippen LogP contribution in [-0.4, -0.2) is 61.0 Å². The van der Waals surface area contributed by atoms with E-state index < -0.39 is 5.97 Å². The first kappa shape index (κ1) is 18.3. The SMILES string of the molecule is COC(=O)c1ccccc1Nc1cnc(C(=O)NCCN(C)C)cn1. The maximum Gasteiger partial charge on any atom is 0.339 e. The molecule has 1 heterocycles. The molecule has 8 heteroatoms. The number of carbonyl (C=O) groups excluding carboxylic acids is 2. The Morgan fingerprint density at radius 2 is 1.92 bits per heavy atom. The molecule has 0 atom stereocenters. The number of nitrogens with zero attached hydrogens (tertiary/aromatic N) is 3. The van der Waals surface area contributed by atoms with Crippen LogP contribution in [0.2, 0.25) is 0 Å². The Kier molecular flexibility index (Phi) is 6.41. The van der Waals surface area contributed by atoms with Crippen molar-refractivity contribution in [3.05, 3.63) is 47.9 Å². The molecule has 1 amide bonds. The molecule has 0 bridgehead atoms. The van der Waals surface area contributed by atoms with Gasteiger partial charge in [-0.15, -0.1) is 0 Å². The van der Waals surface area contributed by atoms with Gasteiger partial charge in [-0.1, -0.05) is 12.1 Å². The summed E-state index contributed by atoms with van der Waals surface area (Å²) in [5, 5.41) is 5.77. The number of nitrogens with one attached hydrogen (secondary N) is 2. The molecule has 0 unspecified atom stereocenters. The second-order valence-electron chi connectivity index (χ2n) is 5.51. The van der Waals surface area contributed by atoms with Gasteiger partial charge in [-0.25, -0.2) is 14.8 Å². The van der Waals surface area contributed by atoms with Gasteiger partial charge in [0, 0.05) is 13.1 Å². The van der Waals surface area contributed by atoms with E-state index in [1.165, 1.54) is 19.5 Å². The van der Waals surface area contributed by atoms with Gasteiger partial charge in [0.25, 0.3) is 5.91 Å². The maximum atomic E-state index is 12.0. The summed E-state index contributed by atoms with van der Waals surface area (Å²) in [6.07, 6.45) is 2.82. The first-order valence-electron chi connectivity index (χ1n) is 7.70. The third-order valence-corrected chi connectivity index (χ3v) is 3.32. The number of hydrogen-bond acceptors (Lipinski definition) is 7. The van der Waals surface area contributed by atoms with Gasteiger partial charge in [0.15, 0.2) is 0 Å². The third kappa shape index (κ3) is 5.25. The van der Waals surface area contributed by atoms with Crippen molar-refractivity contribution in [2.45, 2.75) is 0 Å². The van der Waals surface area contributed by atoms with E-state index in [4.69, 9.17) is 4.74 Å². The standard InChI is InChI=1S/C17H21N5O3/c1-22(2)9-8-18-16(23)14-10-20-15(11-19-14)21-13-7-5-4-6-12(13)17(24)25-3/h4-7,10-11H,8-9H2,1-3H3,(H,18,23)(H,20,21). The molecule has 8 nitrogen and oxygen atoms in total. The number of benzene rings is 1. The molecule has 2 rings (SSSR count). The Hall–Kier alpha value is -3.00. The molecule has 2 N–H and O–H groups in total. The predicted octanol–water partition coefficient (Wildman–Crippen LogP) is 1.30. The molecular formula is C17H21N5O3. The summed E-state index contributed by atoms with van der Waals surface area (Å²) in [7, 11) is 5.18. The first-order valence-corrected chi connectivity index (χ1v) is 7.70. The topological polar surface area (TPSA) is 96.4 Å². The fourth-order valence-electron chi connectivity index (χ4n) is 2.01. The van der Waals surface area contributed by atoms with Gasteiger partial charge in [-0.2, -0.15) is 0 Å². The number of methoxy groups -OCH3 is 1. The molecule has 0 aliphatic heterocycles. The van der Waals surface area contributed by atoms with Crippen LogP contribution in [0.4, 0.5) is 11.5 Å². The zero-order chi connectivity index (χ0) is 18.2. The van der Waals surface area contributed by atoms with Gasteiger partial charge in [0.2, 0.25) is 0 Å². The predicted molar refractivity (Wildman–Crippen MR) is 94.0 cm³/mol. The molecule has 0 spiro atoms. The molecule has 0 aliphatic carbocycles. The lowest BCUT2D eigenvalue weighted by atomic mass is 10.2. The minimum Gasteiger partial charge on any atom is -0.465 e. The maximum absolute atomic E-state index is 12.0. The van der Waals surface area contributed by atoms with Crippen LogP contribution >= 0.6 is 0 Å². The van der Waals surface area contributed by atoms with Crippen molar-refractivity contribution < 1.29 is 14.3 Å². The van der Waals surface area contributed by atoms with Crippen LogP contribution in [0, 0.1) is 0 Å². The summed E-state index contributed by atoms with van der Waals surface area (Å²) in [5.41, 5.74) is 1.16. The van der Waals surface area contributed by atoms with E-state index in [2.05, 4.69) is 20.6 Å². The van der Waals surface area contributed by atoms with E-state index in [0.717, 1.165) is 6.54 Å². The Balaban J connectivity index is 2.04. The first-order chi connectivity index (χ1) is 12.0. The van der Waals surface area contributed by atoms with Crippen LogP contribution in [0.25, 0.3) is 0 Å². The van der Waals surface area contributed by atoms with Crippen molar-refractivity contribution in [3.8, 4) is 0 Å². The number of hydrogen-bond donors (Lipinski definition) is 2. The van der Waals surface area contributed by atoms with E-state index >= 15 is 0 Å². The fraction of sp³-hybridized carbons (Fsp3) is 0.294. The van der Waals surface area contributed by atoms with E-state index in [1.54, 1.807) is 24.3 Å². The molecule has 132 valence electrons. The molecular weight excluding hydrogens is 322 g/mol. The van der Waals surface area contributed by atoms with Crippen LogP contribution in [0.1, 0.15) is 20.8 Å². The molecule has 25 heavy (non-hydrogen) atoms. The van der Waals surface area contributed by atoms with Gasteiger partial charge >= 0.3 is 5.97 Å². The Morgan fingerprint density at radius 1 is 1.16 bits per heavy atom.